The summed E-state index contributed by atoms with van der Waals surface area (Å²) in [6, 6.07) is 8.73. The summed E-state index contributed by atoms with van der Waals surface area (Å²) >= 11 is 1.24. The van der Waals surface area contributed by atoms with Crippen LogP contribution in [0.4, 0.5) is 16.4 Å². The van der Waals surface area contributed by atoms with Crippen molar-refractivity contribution in [3.05, 3.63) is 40.8 Å². The highest BCUT2D eigenvalue weighted by Gasteiger charge is 2.23. The van der Waals surface area contributed by atoms with Crippen molar-refractivity contribution in [1.29, 1.82) is 0 Å². The molecule has 0 radical (unpaired) electrons. The van der Waals surface area contributed by atoms with Gasteiger partial charge in [-0.15, -0.1) is 11.3 Å². The van der Waals surface area contributed by atoms with Crippen LogP contribution in [0.25, 0.3) is 0 Å². The third-order valence-corrected chi connectivity index (χ3v) is 4.94. The normalized spacial score (nSPS) is 11.0. The maximum absolute atomic E-state index is 12.6. The summed E-state index contributed by atoms with van der Waals surface area (Å²) in [6.45, 7) is 9.13. The Kier molecular flexibility index (Phi) is 6.38. The average molecular weight is 388 g/mol. The van der Waals surface area contributed by atoms with Crippen molar-refractivity contribution in [2.45, 2.75) is 41.0 Å². The van der Waals surface area contributed by atoms with Crippen molar-refractivity contribution in [2.75, 3.05) is 16.0 Å². The van der Waals surface area contributed by atoms with Gasteiger partial charge < -0.3 is 16.0 Å². The molecule has 0 unspecified atom stereocenters. The number of hydrogen-bond acceptors (Lipinski definition) is 4. The van der Waals surface area contributed by atoms with E-state index in [4.69, 9.17) is 0 Å². The smallest absolute Gasteiger partial charge is 0.266 e. The predicted molar refractivity (Wildman–Crippen MR) is 110 cm³/mol. The lowest BCUT2D eigenvalue weighted by atomic mass is 9.96. The molecule has 0 aliphatic heterocycles. The first-order valence-electron chi connectivity index (χ1n) is 8.73. The van der Waals surface area contributed by atoms with Gasteiger partial charge in [-0.2, -0.15) is 0 Å². The molecule has 1 aromatic heterocycles. The lowest BCUT2D eigenvalue weighted by molar-refractivity contribution is -0.123. The van der Waals surface area contributed by atoms with E-state index in [0.717, 1.165) is 5.56 Å². The van der Waals surface area contributed by atoms with E-state index >= 15 is 0 Å². The number of nitrogens with one attached hydrogen (secondary N) is 3. The zero-order chi connectivity index (χ0) is 20.2. The predicted octanol–water partition coefficient (Wildman–Crippen LogP) is 4.64. The molecular weight excluding hydrogens is 362 g/mol. The fourth-order valence-corrected chi connectivity index (χ4v) is 3.11. The van der Waals surface area contributed by atoms with Crippen molar-refractivity contribution >= 4 is 45.4 Å². The molecule has 1 heterocycles. The van der Waals surface area contributed by atoms with Crippen LogP contribution in [0.15, 0.2) is 30.3 Å². The van der Waals surface area contributed by atoms with Crippen LogP contribution in [-0.4, -0.2) is 17.7 Å². The van der Waals surface area contributed by atoms with Gasteiger partial charge in [0.05, 0.1) is 9.88 Å². The molecule has 1 aromatic carbocycles. The van der Waals surface area contributed by atoms with E-state index in [0.29, 0.717) is 27.7 Å². The van der Waals surface area contributed by atoms with Crippen LogP contribution in [0.3, 0.4) is 0 Å². The average Bonchev–Trinajstić information content (AvgIpc) is 2.96. The number of benzene rings is 1. The van der Waals surface area contributed by atoms with Gasteiger partial charge in [-0.3, -0.25) is 14.4 Å². The van der Waals surface area contributed by atoms with Crippen LogP contribution in [0, 0.1) is 12.3 Å². The van der Waals surface area contributed by atoms with Crippen LogP contribution in [-0.2, 0) is 9.59 Å². The number of carbonyl (C=O) groups excluding carboxylic acids is 3. The Hall–Kier alpha value is -2.67. The van der Waals surface area contributed by atoms with E-state index in [-0.39, 0.29) is 17.7 Å². The Morgan fingerprint density at radius 3 is 2.04 bits per heavy atom. The first-order valence-corrected chi connectivity index (χ1v) is 9.55. The molecule has 0 aliphatic carbocycles. The molecule has 3 N–H and O–H groups in total. The van der Waals surface area contributed by atoms with Crippen LogP contribution >= 0.6 is 11.3 Å². The molecule has 6 nitrogen and oxygen atoms in total. The highest BCUT2D eigenvalue weighted by atomic mass is 32.1. The summed E-state index contributed by atoms with van der Waals surface area (Å²) in [5.74, 6) is -0.398. The van der Waals surface area contributed by atoms with Crippen molar-refractivity contribution in [2.24, 2.45) is 5.41 Å². The summed E-state index contributed by atoms with van der Waals surface area (Å²) < 4.78 is 0. The Labute approximate surface area is 163 Å². The number of anilines is 3. The Balaban J connectivity index is 2.06. The molecule has 0 spiro atoms. The second-order valence-electron chi connectivity index (χ2n) is 7.26. The third-order valence-electron chi connectivity index (χ3n) is 3.79. The van der Waals surface area contributed by atoms with Crippen LogP contribution in [0.1, 0.15) is 49.4 Å². The maximum Gasteiger partial charge on any atom is 0.266 e. The summed E-state index contributed by atoms with van der Waals surface area (Å²) in [6.07, 6.45) is 0.407. The minimum absolute atomic E-state index is 0.0640. The number of rotatable bonds is 5. The zero-order valence-corrected chi connectivity index (χ0v) is 17.0. The van der Waals surface area contributed by atoms with Crippen molar-refractivity contribution in [3.63, 3.8) is 0 Å². The van der Waals surface area contributed by atoms with E-state index in [2.05, 4.69) is 16.0 Å². The quantitative estimate of drug-likeness (QED) is 0.698. The van der Waals surface area contributed by atoms with Gasteiger partial charge in [-0.1, -0.05) is 27.7 Å². The Morgan fingerprint density at radius 2 is 1.52 bits per heavy atom. The molecule has 27 heavy (non-hydrogen) atoms. The molecule has 7 heteroatoms. The monoisotopic (exact) mass is 387 g/mol. The van der Waals surface area contributed by atoms with E-state index in [9.17, 15) is 14.4 Å². The van der Waals surface area contributed by atoms with Gasteiger partial charge in [0.2, 0.25) is 11.8 Å². The summed E-state index contributed by atoms with van der Waals surface area (Å²) in [5, 5.41) is 9.09. The van der Waals surface area contributed by atoms with Gasteiger partial charge in [0.25, 0.3) is 5.91 Å². The summed E-state index contributed by atoms with van der Waals surface area (Å²) in [7, 11) is 0. The fraction of sp³-hybridized carbons (Fsp3) is 0.350. The van der Waals surface area contributed by atoms with E-state index in [1.165, 1.54) is 11.3 Å². The molecular formula is C20H25N3O3S. The van der Waals surface area contributed by atoms with Crippen molar-refractivity contribution in [1.82, 2.24) is 0 Å². The van der Waals surface area contributed by atoms with Crippen LogP contribution in [0.5, 0.6) is 0 Å². The standard InChI is InChI=1S/C20H25N3O3S/c1-6-15(24)21-13-7-9-14(10-8-13)22-18(25)17-12(2)11-16(27-17)23-19(26)20(3,4)5/h7-11H,6H2,1-5H3,(H,21,24)(H,22,25)(H,23,26). The minimum atomic E-state index is -0.505. The first kappa shape index (κ1) is 20.6. The highest BCUT2D eigenvalue weighted by molar-refractivity contribution is 7.18. The van der Waals surface area contributed by atoms with Crippen LogP contribution < -0.4 is 16.0 Å². The highest BCUT2D eigenvalue weighted by Crippen LogP contribution is 2.29. The molecule has 0 bridgehead atoms. The second kappa shape index (κ2) is 8.35. The SMILES string of the molecule is CCC(=O)Nc1ccc(NC(=O)c2sc(NC(=O)C(C)(C)C)cc2C)cc1. The number of carbonyl (C=O) groups is 3. The van der Waals surface area contributed by atoms with Crippen LogP contribution in [0.2, 0.25) is 0 Å². The molecule has 0 saturated heterocycles. The summed E-state index contributed by atoms with van der Waals surface area (Å²) in [5.41, 5.74) is 1.60. The maximum atomic E-state index is 12.6. The van der Waals surface area contributed by atoms with Crippen molar-refractivity contribution < 1.29 is 14.4 Å². The number of hydrogen-bond donors (Lipinski definition) is 3. The molecule has 0 fully saturated rings. The first-order chi connectivity index (χ1) is 12.6. The summed E-state index contributed by atoms with van der Waals surface area (Å²) in [4.78, 5) is 36.6. The molecule has 0 saturated carbocycles. The van der Waals surface area contributed by atoms with Gasteiger partial charge in [0.1, 0.15) is 0 Å². The third kappa shape index (κ3) is 5.65. The molecule has 0 aliphatic rings. The number of aryl methyl sites for hydroxylation is 1. The van der Waals surface area contributed by atoms with Gasteiger partial charge in [-0.05, 0) is 42.8 Å². The minimum Gasteiger partial charge on any atom is -0.326 e. The Bertz CT molecular complexity index is 848. The molecule has 0 atom stereocenters. The van der Waals surface area contributed by atoms with Gasteiger partial charge in [-0.25, -0.2) is 0 Å². The lowest BCUT2D eigenvalue weighted by Crippen LogP contribution is -2.27. The van der Waals surface area contributed by atoms with E-state index in [1.54, 1.807) is 37.3 Å². The van der Waals surface area contributed by atoms with Gasteiger partial charge >= 0.3 is 0 Å². The molecule has 144 valence electrons. The van der Waals surface area contributed by atoms with Gasteiger partial charge in [0, 0.05) is 23.2 Å². The van der Waals surface area contributed by atoms with E-state index in [1.807, 2.05) is 27.7 Å². The van der Waals surface area contributed by atoms with Gasteiger partial charge in [0.15, 0.2) is 0 Å². The Morgan fingerprint density at radius 1 is 0.963 bits per heavy atom. The lowest BCUT2D eigenvalue weighted by Gasteiger charge is -2.16. The number of thiophene rings is 1. The molecule has 2 rings (SSSR count). The number of amides is 3. The fourth-order valence-electron chi connectivity index (χ4n) is 2.14. The zero-order valence-electron chi connectivity index (χ0n) is 16.2. The topological polar surface area (TPSA) is 87.3 Å². The molecule has 3 amide bonds. The molecule has 2 aromatic rings. The van der Waals surface area contributed by atoms with E-state index < -0.39 is 5.41 Å². The second-order valence-corrected chi connectivity index (χ2v) is 8.31. The van der Waals surface area contributed by atoms with Crippen molar-refractivity contribution in [3.8, 4) is 0 Å². The largest absolute Gasteiger partial charge is 0.326 e.